The van der Waals surface area contributed by atoms with Gasteiger partial charge in [-0.2, -0.15) is 0 Å². The van der Waals surface area contributed by atoms with Crippen molar-refractivity contribution in [1.82, 2.24) is 0 Å². The number of benzene rings is 2. The van der Waals surface area contributed by atoms with Gasteiger partial charge in [0.2, 0.25) is 0 Å². The molecule has 0 heterocycles. The van der Waals surface area contributed by atoms with Crippen LogP contribution in [0.15, 0.2) is 42.5 Å². The van der Waals surface area contributed by atoms with Crippen LogP contribution in [0.2, 0.25) is 0 Å². The Hall–Kier alpha value is -1.54. The fourth-order valence-corrected chi connectivity index (χ4v) is 4.16. The third kappa shape index (κ3) is 2.13. The molecule has 2 aliphatic carbocycles. The van der Waals surface area contributed by atoms with E-state index in [4.69, 9.17) is 4.74 Å². The summed E-state index contributed by atoms with van der Waals surface area (Å²) in [5.41, 5.74) is 0.0316. The molecule has 0 aromatic heterocycles. The normalized spacial score (nSPS) is 27.5. The Morgan fingerprint density at radius 3 is 2.48 bits per heavy atom. The molecule has 21 heavy (non-hydrogen) atoms. The molecule has 1 spiro atoms. The average molecular weight is 282 g/mol. The molecule has 2 aromatic carbocycles. The van der Waals surface area contributed by atoms with Crippen LogP contribution in [0.25, 0.3) is 10.8 Å². The van der Waals surface area contributed by atoms with Crippen LogP contribution >= 0.6 is 0 Å². The van der Waals surface area contributed by atoms with Crippen LogP contribution in [0.4, 0.5) is 0 Å². The molecule has 2 heteroatoms. The summed E-state index contributed by atoms with van der Waals surface area (Å²) in [4.78, 5) is 0. The molecule has 0 bridgehead atoms. The summed E-state index contributed by atoms with van der Waals surface area (Å²) in [5.74, 6) is 0.940. The standard InChI is InChI=1S/C19H22O2/c20-17-13-18(19(17)10-4-1-5-11-19)21-16-9-8-14-6-2-3-7-15(14)12-16/h2-3,6-9,12,17-18,20H,1,4-5,10-11,13H2. The minimum Gasteiger partial charge on any atom is -0.490 e. The van der Waals surface area contributed by atoms with Crippen LogP contribution < -0.4 is 4.74 Å². The molecule has 2 saturated carbocycles. The summed E-state index contributed by atoms with van der Waals surface area (Å²) >= 11 is 0. The van der Waals surface area contributed by atoms with Gasteiger partial charge in [-0.05, 0) is 35.7 Å². The second kappa shape index (κ2) is 5.03. The van der Waals surface area contributed by atoms with Crippen molar-refractivity contribution in [2.45, 2.75) is 50.7 Å². The molecule has 0 saturated heterocycles. The lowest BCUT2D eigenvalue weighted by atomic mass is 9.56. The number of aliphatic hydroxyl groups is 1. The number of rotatable bonds is 2. The van der Waals surface area contributed by atoms with Gasteiger partial charge < -0.3 is 9.84 Å². The number of aliphatic hydroxyl groups excluding tert-OH is 1. The van der Waals surface area contributed by atoms with Gasteiger partial charge >= 0.3 is 0 Å². The fraction of sp³-hybridized carbons (Fsp3) is 0.474. The van der Waals surface area contributed by atoms with Crippen LogP contribution in [0.5, 0.6) is 5.75 Å². The first-order valence-electron chi connectivity index (χ1n) is 8.11. The van der Waals surface area contributed by atoms with E-state index in [1.165, 1.54) is 30.0 Å². The highest BCUT2D eigenvalue weighted by Crippen LogP contribution is 2.53. The third-order valence-electron chi connectivity index (χ3n) is 5.53. The molecule has 0 aliphatic heterocycles. The summed E-state index contributed by atoms with van der Waals surface area (Å²) in [6, 6.07) is 14.7. The molecular weight excluding hydrogens is 260 g/mol. The van der Waals surface area contributed by atoms with E-state index >= 15 is 0 Å². The van der Waals surface area contributed by atoms with E-state index in [-0.39, 0.29) is 17.6 Å². The van der Waals surface area contributed by atoms with Crippen molar-refractivity contribution in [3.05, 3.63) is 42.5 Å². The fourth-order valence-electron chi connectivity index (χ4n) is 4.16. The first-order valence-corrected chi connectivity index (χ1v) is 8.11. The van der Waals surface area contributed by atoms with Gasteiger partial charge in [0.05, 0.1) is 6.10 Å². The van der Waals surface area contributed by atoms with Crippen molar-refractivity contribution >= 4 is 10.8 Å². The van der Waals surface area contributed by atoms with Crippen LogP contribution in [0, 0.1) is 5.41 Å². The minimum absolute atomic E-state index is 0.0316. The summed E-state index contributed by atoms with van der Waals surface area (Å²) in [6.07, 6.45) is 6.81. The maximum atomic E-state index is 10.3. The quantitative estimate of drug-likeness (QED) is 0.889. The lowest BCUT2D eigenvalue weighted by Crippen LogP contribution is -2.60. The van der Waals surface area contributed by atoms with E-state index in [2.05, 4.69) is 42.5 Å². The molecular formula is C19H22O2. The molecule has 0 radical (unpaired) electrons. The number of hydrogen-bond donors (Lipinski definition) is 1. The topological polar surface area (TPSA) is 29.5 Å². The zero-order chi connectivity index (χ0) is 14.3. The number of ether oxygens (including phenoxy) is 1. The van der Waals surface area contributed by atoms with Crippen LogP contribution in [-0.4, -0.2) is 17.3 Å². The summed E-state index contributed by atoms with van der Waals surface area (Å²) in [6.45, 7) is 0. The van der Waals surface area contributed by atoms with Gasteiger partial charge in [-0.3, -0.25) is 0 Å². The third-order valence-corrected chi connectivity index (χ3v) is 5.53. The van der Waals surface area contributed by atoms with Crippen molar-refractivity contribution in [3.63, 3.8) is 0 Å². The Labute approximate surface area is 125 Å². The second-order valence-electron chi connectivity index (χ2n) is 6.66. The largest absolute Gasteiger partial charge is 0.490 e. The van der Waals surface area contributed by atoms with E-state index in [0.717, 1.165) is 25.0 Å². The van der Waals surface area contributed by atoms with Crippen molar-refractivity contribution in [2.75, 3.05) is 0 Å². The van der Waals surface area contributed by atoms with Gasteiger partial charge in [0.15, 0.2) is 0 Å². The first-order chi connectivity index (χ1) is 10.3. The molecule has 4 rings (SSSR count). The molecule has 2 nitrogen and oxygen atoms in total. The molecule has 1 N–H and O–H groups in total. The lowest BCUT2D eigenvalue weighted by molar-refractivity contribution is -0.172. The molecule has 2 atom stereocenters. The Morgan fingerprint density at radius 1 is 0.952 bits per heavy atom. The monoisotopic (exact) mass is 282 g/mol. The van der Waals surface area contributed by atoms with E-state index in [1.807, 2.05) is 0 Å². The van der Waals surface area contributed by atoms with Gasteiger partial charge in [-0.1, -0.05) is 49.6 Å². The first kappa shape index (κ1) is 13.1. The molecule has 110 valence electrons. The molecule has 2 unspecified atom stereocenters. The summed E-state index contributed by atoms with van der Waals surface area (Å²) in [7, 11) is 0. The van der Waals surface area contributed by atoms with Gasteiger partial charge in [-0.15, -0.1) is 0 Å². The molecule has 2 aromatic rings. The number of fused-ring (bicyclic) bond motifs is 1. The molecule has 2 aliphatic rings. The number of hydrogen-bond acceptors (Lipinski definition) is 2. The Morgan fingerprint density at radius 2 is 1.71 bits per heavy atom. The van der Waals surface area contributed by atoms with Crippen LogP contribution in [0.1, 0.15) is 38.5 Å². The van der Waals surface area contributed by atoms with Crippen molar-refractivity contribution in [1.29, 1.82) is 0 Å². The molecule has 0 amide bonds. The summed E-state index contributed by atoms with van der Waals surface area (Å²) in [5, 5.41) is 12.7. The maximum Gasteiger partial charge on any atom is 0.120 e. The van der Waals surface area contributed by atoms with E-state index in [1.54, 1.807) is 0 Å². The van der Waals surface area contributed by atoms with Crippen molar-refractivity contribution in [2.24, 2.45) is 5.41 Å². The molecule has 2 fully saturated rings. The predicted octanol–water partition coefficient (Wildman–Crippen LogP) is 4.30. The SMILES string of the molecule is OC1CC(Oc2ccc3ccccc3c2)C12CCCCC2. The average Bonchev–Trinajstić information content (AvgIpc) is 2.55. The maximum absolute atomic E-state index is 10.3. The van der Waals surface area contributed by atoms with Gasteiger partial charge in [0, 0.05) is 11.8 Å². The van der Waals surface area contributed by atoms with Crippen LogP contribution in [0.3, 0.4) is 0 Å². The highest BCUT2D eigenvalue weighted by Gasteiger charge is 2.56. The second-order valence-corrected chi connectivity index (χ2v) is 6.66. The highest BCUT2D eigenvalue weighted by atomic mass is 16.5. The zero-order valence-corrected chi connectivity index (χ0v) is 12.3. The smallest absolute Gasteiger partial charge is 0.120 e. The Bertz CT molecular complexity index is 643. The van der Waals surface area contributed by atoms with E-state index in [0.29, 0.717) is 0 Å². The lowest BCUT2D eigenvalue weighted by Gasteiger charge is -2.55. The van der Waals surface area contributed by atoms with Gasteiger partial charge in [0.1, 0.15) is 11.9 Å². The Balaban J connectivity index is 1.57. The van der Waals surface area contributed by atoms with Gasteiger partial charge in [-0.25, -0.2) is 0 Å². The zero-order valence-electron chi connectivity index (χ0n) is 12.3. The van der Waals surface area contributed by atoms with E-state index < -0.39 is 0 Å². The van der Waals surface area contributed by atoms with Crippen molar-refractivity contribution in [3.8, 4) is 5.75 Å². The Kier molecular flexibility index (Phi) is 3.15. The van der Waals surface area contributed by atoms with Crippen molar-refractivity contribution < 1.29 is 9.84 Å². The highest BCUT2D eigenvalue weighted by molar-refractivity contribution is 5.83. The predicted molar refractivity (Wildman–Crippen MR) is 84.5 cm³/mol. The van der Waals surface area contributed by atoms with Crippen LogP contribution in [-0.2, 0) is 0 Å². The van der Waals surface area contributed by atoms with Gasteiger partial charge in [0.25, 0.3) is 0 Å². The van der Waals surface area contributed by atoms with E-state index in [9.17, 15) is 5.11 Å². The summed E-state index contributed by atoms with van der Waals surface area (Å²) < 4.78 is 6.26. The minimum atomic E-state index is -0.164.